The molecule has 0 aliphatic heterocycles. The minimum atomic E-state index is -0.578. The molecule has 8 heteroatoms. The van der Waals surface area contributed by atoms with E-state index in [1.165, 1.54) is 0 Å². The number of amides is 3. The first-order valence-electron chi connectivity index (χ1n) is 10.8. The monoisotopic (exact) mass is 461 g/mol. The molecule has 0 atom stereocenters. The van der Waals surface area contributed by atoms with Gasteiger partial charge in [-0.2, -0.15) is 0 Å². The lowest BCUT2D eigenvalue weighted by Gasteiger charge is -2.12. The van der Waals surface area contributed by atoms with Crippen molar-refractivity contribution in [1.82, 2.24) is 16.2 Å². The van der Waals surface area contributed by atoms with E-state index in [4.69, 9.17) is 9.47 Å². The lowest BCUT2D eigenvalue weighted by Crippen LogP contribution is -2.47. The molecule has 3 rings (SSSR count). The number of carbonyl (C=O) groups excluding carboxylic acids is 3. The number of nitrogens with one attached hydrogen (secondary N) is 3. The van der Waals surface area contributed by atoms with Crippen LogP contribution in [0.2, 0.25) is 0 Å². The second-order valence-corrected chi connectivity index (χ2v) is 7.62. The summed E-state index contributed by atoms with van der Waals surface area (Å²) in [6.07, 6.45) is 0.0302. The molecule has 0 heterocycles. The fraction of sp³-hybridized carbons (Fsp3) is 0.192. The first-order valence-corrected chi connectivity index (χ1v) is 10.8. The Bertz CT molecular complexity index is 1110. The summed E-state index contributed by atoms with van der Waals surface area (Å²) in [5.41, 5.74) is 6.72. The van der Waals surface area contributed by atoms with Gasteiger partial charge in [0.15, 0.2) is 6.61 Å². The van der Waals surface area contributed by atoms with Gasteiger partial charge < -0.3 is 14.8 Å². The van der Waals surface area contributed by atoms with Gasteiger partial charge in [0.2, 0.25) is 0 Å². The normalized spacial score (nSPS) is 10.3. The van der Waals surface area contributed by atoms with Gasteiger partial charge in [0.25, 0.3) is 17.7 Å². The summed E-state index contributed by atoms with van der Waals surface area (Å²) in [7, 11) is 0. The van der Waals surface area contributed by atoms with Gasteiger partial charge in [0.1, 0.15) is 11.5 Å². The fourth-order valence-corrected chi connectivity index (χ4v) is 3.03. The van der Waals surface area contributed by atoms with Crippen molar-refractivity contribution in [3.8, 4) is 22.6 Å². The topological polar surface area (TPSA) is 106 Å². The van der Waals surface area contributed by atoms with E-state index in [0.29, 0.717) is 17.1 Å². The zero-order valence-electron chi connectivity index (χ0n) is 19.0. The highest BCUT2D eigenvalue weighted by Crippen LogP contribution is 2.29. The van der Waals surface area contributed by atoms with Gasteiger partial charge >= 0.3 is 0 Å². The molecule has 0 fully saturated rings. The van der Waals surface area contributed by atoms with Crippen LogP contribution in [0.4, 0.5) is 0 Å². The van der Waals surface area contributed by atoms with Gasteiger partial charge in [0.05, 0.1) is 12.6 Å². The SMILES string of the molecule is CC(C)Oc1ccc(C(=O)NCC(=O)NNC(=O)COc2ccccc2-c2ccccc2)cc1. The third kappa shape index (κ3) is 7.37. The zero-order chi connectivity index (χ0) is 24.3. The van der Waals surface area contributed by atoms with Crippen LogP contribution in [0.3, 0.4) is 0 Å². The average Bonchev–Trinajstić information content (AvgIpc) is 2.85. The number of benzene rings is 3. The molecule has 0 aromatic heterocycles. The van der Waals surface area contributed by atoms with Crippen molar-refractivity contribution in [2.75, 3.05) is 13.2 Å². The Balaban J connectivity index is 1.41. The molecular formula is C26H27N3O5. The molecule has 3 aromatic rings. The van der Waals surface area contributed by atoms with E-state index in [1.54, 1.807) is 30.3 Å². The first-order chi connectivity index (χ1) is 16.4. The van der Waals surface area contributed by atoms with E-state index in [1.807, 2.05) is 62.4 Å². The van der Waals surface area contributed by atoms with Crippen molar-refractivity contribution < 1.29 is 23.9 Å². The summed E-state index contributed by atoms with van der Waals surface area (Å²) in [5, 5.41) is 2.49. The molecule has 0 saturated heterocycles. The summed E-state index contributed by atoms with van der Waals surface area (Å²) < 4.78 is 11.2. The maximum atomic E-state index is 12.2. The van der Waals surface area contributed by atoms with Gasteiger partial charge in [-0.1, -0.05) is 48.5 Å². The molecule has 3 amide bonds. The molecule has 8 nitrogen and oxygen atoms in total. The van der Waals surface area contributed by atoms with Crippen LogP contribution in [0, 0.1) is 0 Å². The van der Waals surface area contributed by atoms with Crippen LogP contribution in [0.1, 0.15) is 24.2 Å². The Morgan fingerprint density at radius 2 is 1.44 bits per heavy atom. The quantitative estimate of drug-likeness (QED) is 0.425. The Morgan fingerprint density at radius 1 is 0.794 bits per heavy atom. The van der Waals surface area contributed by atoms with Gasteiger partial charge in [-0.05, 0) is 49.7 Å². The second kappa shape index (κ2) is 12.1. The highest BCUT2D eigenvalue weighted by atomic mass is 16.5. The molecule has 34 heavy (non-hydrogen) atoms. The molecule has 0 saturated carbocycles. The number of hydrazine groups is 1. The molecule has 0 aliphatic rings. The number of hydrogen-bond donors (Lipinski definition) is 3. The zero-order valence-corrected chi connectivity index (χ0v) is 19.0. The summed E-state index contributed by atoms with van der Waals surface area (Å²) in [4.78, 5) is 36.2. The highest BCUT2D eigenvalue weighted by molar-refractivity contribution is 5.96. The Morgan fingerprint density at radius 3 is 2.15 bits per heavy atom. The third-order valence-corrected chi connectivity index (χ3v) is 4.57. The molecule has 0 unspecified atom stereocenters. The number of para-hydroxylation sites is 1. The van der Waals surface area contributed by atoms with Crippen LogP contribution in [0.25, 0.3) is 11.1 Å². The summed E-state index contributed by atoms with van der Waals surface area (Å²) in [6, 6.07) is 23.6. The van der Waals surface area contributed by atoms with E-state index in [-0.39, 0.29) is 19.3 Å². The van der Waals surface area contributed by atoms with Crippen LogP contribution in [-0.4, -0.2) is 37.0 Å². The minimum absolute atomic E-state index is 0.0302. The lowest BCUT2D eigenvalue weighted by atomic mass is 10.1. The van der Waals surface area contributed by atoms with Crippen LogP contribution in [-0.2, 0) is 9.59 Å². The first kappa shape index (κ1) is 24.3. The minimum Gasteiger partial charge on any atom is -0.491 e. The lowest BCUT2D eigenvalue weighted by molar-refractivity contribution is -0.129. The summed E-state index contributed by atoms with van der Waals surface area (Å²) in [5.74, 6) is -0.333. The molecule has 3 aromatic carbocycles. The van der Waals surface area contributed by atoms with Crippen LogP contribution in [0.5, 0.6) is 11.5 Å². The second-order valence-electron chi connectivity index (χ2n) is 7.62. The van der Waals surface area contributed by atoms with Crippen molar-refractivity contribution in [1.29, 1.82) is 0 Å². The van der Waals surface area contributed by atoms with E-state index in [9.17, 15) is 14.4 Å². The van der Waals surface area contributed by atoms with Gasteiger partial charge in [-0.15, -0.1) is 0 Å². The van der Waals surface area contributed by atoms with Gasteiger partial charge in [0, 0.05) is 11.1 Å². The summed E-state index contributed by atoms with van der Waals surface area (Å²) in [6.45, 7) is 3.23. The predicted octanol–water partition coefficient (Wildman–Crippen LogP) is 3.10. The van der Waals surface area contributed by atoms with Crippen LogP contribution < -0.4 is 25.6 Å². The Hall–Kier alpha value is -4.33. The van der Waals surface area contributed by atoms with Crippen molar-refractivity contribution in [2.45, 2.75) is 20.0 Å². The van der Waals surface area contributed by atoms with Gasteiger partial charge in [-0.25, -0.2) is 0 Å². The molecular weight excluding hydrogens is 434 g/mol. The van der Waals surface area contributed by atoms with Crippen LogP contribution in [0.15, 0.2) is 78.9 Å². The molecule has 0 bridgehead atoms. The number of hydrogen-bond acceptors (Lipinski definition) is 5. The van der Waals surface area contributed by atoms with Crippen LogP contribution >= 0.6 is 0 Å². The maximum absolute atomic E-state index is 12.2. The fourth-order valence-electron chi connectivity index (χ4n) is 3.03. The highest BCUT2D eigenvalue weighted by Gasteiger charge is 2.11. The molecule has 0 radical (unpaired) electrons. The van der Waals surface area contributed by atoms with Crippen molar-refractivity contribution in [2.24, 2.45) is 0 Å². The van der Waals surface area contributed by atoms with Crippen molar-refractivity contribution in [3.05, 3.63) is 84.4 Å². The smallest absolute Gasteiger partial charge is 0.276 e. The summed E-state index contributed by atoms with van der Waals surface area (Å²) >= 11 is 0. The van der Waals surface area contributed by atoms with E-state index in [2.05, 4.69) is 16.2 Å². The Kier molecular flexibility index (Phi) is 8.62. The molecule has 0 spiro atoms. The number of carbonyl (C=O) groups is 3. The number of rotatable bonds is 9. The predicted molar refractivity (Wildman–Crippen MR) is 128 cm³/mol. The van der Waals surface area contributed by atoms with E-state index in [0.717, 1.165) is 11.1 Å². The average molecular weight is 462 g/mol. The Labute approximate surface area is 198 Å². The standard InChI is InChI=1S/C26H27N3O5/c1-18(2)34-21-14-12-20(13-15-21)26(32)27-16-24(30)28-29-25(31)17-33-23-11-7-6-10-22(23)19-8-4-3-5-9-19/h3-15,18H,16-17H2,1-2H3,(H,27,32)(H,28,30)(H,29,31). The maximum Gasteiger partial charge on any atom is 0.276 e. The van der Waals surface area contributed by atoms with Crippen molar-refractivity contribution in [3.63, 3.8) is 0 Å². The molecule has 3 N–H and O–H groups in total. The van der Waals surface area contributed by atoms with Crippen molar-refractivity contribution >= 4 is 17.7 Å². The third-order valence-electron chi connectivity index (χ3n) is 4.57. The van der Waals surface area contributed by atoms with Gasteiger partial charge in [-0.3, -0.25) is 25.2 Å². The molecule has 176 valence electrons. The van der Waals surface area contributed by atoms with E-state index >= 15 is 0 Å². The molecule has 0 aliphatic carbocycles. The van der Waals surface area contributed by atoms with E-state index < -0.39 is 17.7 Å². The number of ether oxygens (including phenoxy) is 2. The largest absolute Gasteiger partial charge is 0.491 e.